The Bertz CT molecular complexity index is 881. The summed E-state index contributed by atoms with van der Waals surface area (Å²) in [5.41, 5.74) is 1.33. The summed E-state index contributed by atoms with van der Waals surface area (Å²) in [5.74, 6) is 1.18. The normalized spacial score (nSPS) is 13.1. The van der Waals surface area contributed by atoms with Crippen molar-refractivity contribution in [2.24, 2.45) is 5.92 Å². The highest BCUT2D eigenvalue weighted by molar-refractivity contribution is 5.75. The van der Waals surface area contributed by atoms with Gasteiger partial charge in [0, 0.05) is 6.04 Å². The van der Waals surface area contributed by atoms with Crippen LogP contribution in [0.15, 0.2) is 41.3 Å². The van der Waals surface area contributed by atoms with Crippen molar-refractivity contribution in [3.63, 3.8) is 0 Å². The summed E-state index contributed by atoms with van der Waals surface area (Å²) >= 11 is 0. The molecule has 0 fully saturated rings. The molecule has 0 bridgehead atoms. The molecule has 3 aromatic rings. The van der Waals surface area contributed by atoms with Crippen molar-refractivity contribution in [2.75, 3.05) is 7.05 Å². The van der Waals surface area contributed by atoms with Gasteiger partial charge in [0.15, 0.2) is 5.65 Å². The Morgan fingerprint density at radius 2 is 1.92 bits per heavy atom. The molecule has 0 aliphatic rings. The number of nitrogens with one attached hydrogen (secondary N) is 1. The largest absolute Gasteiger partial charge is 0.309 e. The van der Waals surface area contributed by atoms with Gasteiger partial charge >= 0.3 is 0 Å². The van der Waals surface area contributed by atoms with Gasteiger partial charge in [0.05, 0.1) is 18.4 Å². The quantitative estimate of drug-likeness (QED) is 0.783. The van der Waals surface area contributed by atoms with E-state index in [9.17, 15) is 4.79 Å². The van der Waals surface area contributed by atoms with Crippen molar-refractivity contribution in [3.05, 3.63) is 52.7 Å². The maximum absolute atomic E-state index is 12.4. The fourth-order valence-corrected chi connectivity index (χ4v) is 2.69. The minimum Gasteiger partial charge on any atom is -0.309 e. The molecule has 0 amide bonds. The number of aromatic amines is 1. The number of hydrogen-bond donors (Lipinski definition) is 1. The summed E-state index contributed by atoms with van der Waals surface area (Å²) in [4.78, 5) is 22.1. The third kappa shape index (κ3) is 3.10. The van der Waals surface area contributed by atoms with E-state index in [0.29, 0.717) is 35.4 Å². The summed E-state index contributed by atoms with van der Waals surface area (Å²) in [5, 5.41) is 4.83. The average Bonchev–Trinajstić information content (AvgIpc) is 2.99. The van der Waals surface area contributed by atoms with Crippen LogP contribution < -0.4 is 5.56 Å². The van der Waals surface area contributed by atoms with Gasteiger partial charge in [0.25, 0.3) is 5.56 Å². The molecule has 0 unspecified atom stereocenters. The highest BCUT2D eigenvalue weighted by Crippen LogP contribution is 2.15. The van der Waals surface area contributed by atoms with Gasteiger partial charge in [-0.15, -0.1) is 0 Å². The minimum atomic E-state index is -0.150. The third-order valence-electron chi connectivity index (χ3n) is 4.55. The summed E-state index contributed by atoms with van der Waals surface area (Å²) in [6.07, 6.45) is 1.57. The molecule has 2 heterocycles. The van der Waals surface area contributed by atoms with Gasteiger partial charge in [-0.05, 0) is 32.0 Å². The Hall–Kier alpha value is -2.47. The second-order valence-corrected chi connectivity index (χ2v) is 6.54. The summed E-state index contributed by atoms with van der Waals surface area (Å²) in [6, 6.07) is 10.1. The molecular formula is C18H23N5O. The van der Waals surface area contributed by atoms with Crippen molar-refractivity contribution in [2.45, 2.75) is 33.4 Å². The van der Waals surface area contributed by atoms with Crippen LogP contribution in [0.2, 0.25) is 0 Å². The van der Waals surface area contributed by atoms with Gasteiger partial charge in [0.2, 0.25) is 0 Å². The first-order valence-corrected chi connectivity index (χ1v) is 8.20. The maximum atomic E-state index is 12.4. The van der Waals surface area contributed by atoms with E-state index < -0.39 is 0 Å². The number of H-pyrrole nitrogens is 1. The molecule has 1 atom stereocenters. The number of nitrogens with zero attached hydrogens (tertiary/aromatic N) is 4. The van der Waals surface area contributed by atoms with Crippen molar-refractivity contribution < 1.29 is 0 Å². The smallest absolute Gasteiger partial charge is 0.262 e. The van der Waals surface area contributed by atoms with Crippen LogP contribution in [0, 0.1) is 5.92 Å². The van der Waals surface area contributed by atoms with Crippen LogP contribution >= 0.6 is 0 Å². The monoisotopic (exact) mass is 325 g/mol. The molecule has 0 aliphatic carbocycles. The molecule has 0 spiro atoms. The van der Waals surface area contributed by atoms with Gasteiger partial charge in [-0.2, -0.15) is 5.10 Å². The van der Waals surface area contributed by atoms with Crippen LogP contribution in [0.3, 0.4) is 0 Å². The lowest BCUT2D eigenvalue weighted by Gasteiger charge is -2.27. The number of aromatic nitrogens is 4. The summed E-state index contributed by atoms with van der Waals surface area (Å²) in [7, 11) is 2.04. The zero-order valence-corrected chi connectivity index (χ0v) is 14.5. The lowest BCUT2D eigenvalue weighted by atomic mass is 10.1. The first-order chi connectivity index (χ1) is 11.5. The van der Waals surface area contributed by atoms with Crippen molar-refractivity contribution >= 4 is 11.0 Å². The van der Waals surface area contributed by atoms with Crippen LogP contribution in [-0.4, -0.2) is 37.7 Å². The molecule has 1 N–H and O–H groups in total. The molecular weight excluding hydrogens is 302 g/mol. The van der Waals surface area contributed by atoms with E-state index >= 15 is 0 Å². The van der Waals surface area contributed by atoms with E-state index in [4.69, 9.17) is 0 Å². The van der Waals surface area contributed by atoms with Gasteiger partial charge in [-0.3, -0.25) is 9.69 Å². The highest BCUT2D eigenvalue weighted by Gasteiger charge is 2.16. The molecule has 6 nitrogen and oxygen atoms in total. The van der Waals surface area contributed by atoms with Gasteiger partial charge in [-0.1, -0.05) is 32.0 Å². The fraction of sp³-hybridized carbons (Fsp3) is 0.389. The molecule has 6 heteroatoms. The first-order valence-electron chi connectivity index (χ1n) is 8.20. The van der Waals surface area contributed by atoms with E-state index in [-0.39, 0.29) is 5.56 Å². The lowest BCUT2D eigenvalue weighted by Crippen LogP contribution is -2.33. The van der Waals surface area contributed by atoms with Crippen molar-refractivity contribution in [1.29, 1.82) is 0 Å². The summed E-state index contributed by atoms with van der Waals surface area (Å²) in [6.45, 7) is 7.13. The molecule has 126 valence electrons. The average molecular weight is 325 g/mol. The number of rotatable bonds is 5. The van der Waals surface area contributed by atoms with Gasteiger partial charge in [-0.25, -0.2) is 9.67 Å². The maximum Gasteiger partial charge on any atom is 0.262 e. The van der Waals surface area contributed by atoms with Crippen LogP contribution in [0.1, 0.15) is 26.6 Å². The Morgan fingerprint density at radius 1 is 1.21 bits per heavy atom. The fourth-order valence-electron chi connectivity index (χ4n) is 2.69. The van der Waals surface area contributed by atoms with Crippen LogP contribution in [-0.2, 0) is 6.54 Å². The Kier molecular flexibility index (Phi) is 4.49. The predicted molar refractivity (Wildman–Crippen MR) is 95.3 cm³/mol. The minimum absolute atomic E-state index is 0.150. The standard InChI is InChI=1S/C18H23N5O/c1-12(2)13(3)22(4)11-16-20-17-15(18(24)21-16)10-19-23(17)14-8-6-5-7-9-14/h5-10,12-13H,11H2,1-4H3,(H,20,21,24)/t13-/m1/s1. The second kappa shape index (κ2) is 6.57. The van der Waals surface area contributed by atoms with E-state index in [1.807, 2.05) is 37.4 Å². The van der Waals surface area contributed by atoms with Crippen LogP contribution in [0.5, 0.6) is 0 Å². The topological polar surface area (TPSA) is 66.8 Å². The Morgan fingerprint density at radius 3 is 2.58 bits per heavy atom. The SMILES string of the molecule is CC(C)[C@@H](C)N(C)Cc1nc2c(cnn2-c2ccccc2)c(=O)[nH]1. The van der Waals surface area contributed by atoms with Crippen LogP contribution in [0.25, 0.3) is 16.7 Å². The van der Waals surface area contributed by atoms with Gasteiger partial charge < -0.3 is 4.98 Å². The number of fused-ring (bicyclic) bond motifs is 1. The first kappa shape index (κ1) is 16.4. The van der Waals surface area contributed by atoms with Crippen molar-refractivity contribution in [1.82, 2.24) is 24.6 Å². The van der Waals surface area contributed by atoms with Crippen LogP contribution in [0.4, 0.5) is 0 Å². The number of benzene rings is 1. The molecule has 1 aromatic carbocycles. The Balaban J connectivity index is 2.01. The lowest BCUT2D eigenvalue weighted by molar-refractivity contribution is 0.196. The molecule has 2 aromatic heterocycles. The molecule has 24 heavy (non-hydrogen) atoms. The van der Waals surface area contributed by atoms with Crippen molar-refractivity contribution in [3.8, 4) is 5.69 Å². The number of para-hydroxylation sites is 1. The molecule has 0 radical (unpaired) electrons. The zero-order valence-electron chi connectivity index (χ0n) is 14.5. The zero-order chi connectivity index (χ0) is 17.3. The van der Waals surface area contributed by atoms with E-state index in [0.717, 1.165) is 5.69 Å². The molecule has 3 rings (SSSR count). The highest BCUT2D eigenvalue weighted by atomic mass is 16.1. The molecule has 0 aliphatic heterocycles. The second-order valence-electron chi connectivity index (χ2n) is 6.54. The Labute approximate surface area is 141 Å². The third-order valence-corrected chi connectivity index (χ3v) is 4.55. The molecule has 0 saturated carbocycles. The van der Waals surface area contributed by atoms with Gasteiger partial charge in [0.1, 0.15) is 11.2 Å². The van der Waals surface area contributed by atoms with E-state index in [1.165, 1.54) is 0 Å². The molecule has 0 saturated heterocycles. The van der Waals surface area contributed by atoms with E-state index in [2.05, 4.69) is 40.7 Å². The predicted octanol–water partition coefficient (Wildman–Crippen LogP) is 2.59. The van der Waals surface area contributed by atoms with E-state index in [1.54, 1.807) is 10.9 Å². The summed E-state index contributed by atoms with van der Waals surface area (Å²) < 4.78 is 1.71. The number of hydrogen-bond acceptors (Lipinski definition) is 4.